The predicted octanol–water partition coefficient (Wildman–Crippen LogP) is 1.64. The third-order valence-electron chi connectivity index (χ3n) is 2.15. The highest BCUT2D eigenvalue weighted by Gasteiger charge is 1.99. The summed E-state index contributed by atoms with van der Waals surface area (Å²) < 4.78 is 2.48. The number of halogens is 1. The maximum atomic E-state index is 11.5. The molecule has 0 radical (unpaired) electrons. The number of nitrogens with two attached hydrogens (primary N) is 1. The van der Waals surface area contributed by atoms with Crippen molar-refractivity contribution < 1.29 is 0 Å². The Labute approximate surface area is 101 Å². The number of aromatic nitrogens is 2. The van der Waals surface area contributed by atoms with Crippen molar-refractivity contribution in [3.8, 4) is 0 Å². The number of nitrogens with zero attached hydrogens (tertiary/aromatic N) is 2. The molecule has 5 heteroatoms. The lowest BCUT2D eigenvalue weighted by Gasteiger charge is -2.05. The topological polar surface area (TPSA) is 60.9 Å². The molecule has 0 bridgehead atoms. The molecule has 0 fully saturated rings. The predicted molar refractivity (Wildman–Crippen MR) is 66.2 cm³/mol. The summed E-state index contributed by atoms with van der Waals surface area (Å²) >= 11 is 3.33. The maximum Gasteiger partial charge on any atom is 0.250 e. The molecule has 2 heterocycles. The average Bonchev–Trinajstić information content (AvgIpc) is 2.27. The highest BCUT2D eigenvalue weighted by atomic mass is 79.9. The normalized spacial score (nSPS) is 10.3. The number of hydrogen-bond acceptors (Lipinski definition) is 3. The monoisotopic (exact) mass is 279 g/mol. The highest BCUT2D eigenvalue weighted by Crippen LogP contribution is 2.07. The van der Waals surface area contributed by atoms with Crippen molar-refractivity contribution in [3.63, 3.8) is 0 Å². The maximum absolute atomic E-state index is 11.5. The second-order valence-electron chi connectivity index (χ2n) is 3.40. The van der Waals surface area contributed by atoms with Crippen LogP contribution >= 0.6 is 15.9 Å². The van der Waals surface area contributed by atoms with Gasteiger partial charge in [-0.2, -0.15) is 0 Å². The lowest BCUT2D eigenvalue weighted by molar-refractivity contribution is 0.753. The van der Waals surface area contributed by atoms with Gasteiger partial charge in [-0.1, -0.05) is 6.07 Å². The van der Waals surface area contributed by atoms with Crippen LogP contribution in [0.5, 0.6) is 0 Å². The van der Waals surface area contributed by atoms with Gasteiger partial charge in [0.2, 0.25) is 0 Å². The summed E-state index contributed by atoms with van der Waals surface area (Å²) in [6.45, 7) is 0.492. The Morgan fingerprint density at radius 1 is 1.31 bits per heavy atom. The van der Waals surface area contributed by atoms with Crippen LogP contribution in [0.25, 0.3) is 0 Å². The van der Waals surface area contributed by atoms with E-state index in [1.807, 2.05) is 6.07 Å². The molecule has 0 amide bonds. The fourth-order valence-corrected chi connectivity index (χ4v) is 1.73. The standard InChI is InChI=1S/C11H10BrN3O/c12-9-2-4-11(16)15(7-9)6-8-1-3-10(13)14-5-8/h1-5,7H,6H2,(H2,13,14). The molecule has 0 unspecified atom stereocenters. The van der Waals surface area contributed by atoms with E-state index in [9.17, 15) is 4.79 Å². The van der Waals surface area contributed by atoms with Gasteiger partial charge in [-0.05, 0) is 33.6 Å². The average molecular weight is 280 g/mol. The van der Waals surface area contributed by atoms with E-state index in [4.69, 9.17) is 5.73 Å². The van der Waals surface area contributed by atoms with Crippen LogP contribution in [-0.2, 0) is 6.54 Å². The zero-order chi connectivity index (χ0) is 11.5. The quantitative estimate of drug-likeness (QED) is 0.909. The van der Waals surface area contributed by atoms with E-state index >= 15 is 0 Å². The van der Waals surface area contributed by atoms with Gasteiger partial charge >= 0.3 is 0 Å². The molecule has 0 aliphatic heterocycles. The Morgan fingerprint density at radius 2 is 2.12 bits per heavy atom. The van der Waals surface area contributed by atoms with Crippen molar-refractivity contribution in [2.24, 2.45) is 0 Å². The fraction of sp³-hybridized carbons (Fsp3) is 0.0909. The summed E-state index contributed by atoms with van der Waals surface area (Å²) in [5.41, 5.74) is 6.38. The van der Waals surface area contributed by atoms with Crippen LogP contribution in [0.1, 0.15) is 5.56 Å². The summed E-state index contributed by atoms with van der Waals surface area (Å²) in [6, 6.07) is 6.82. The molecule has 2 rings (SSSR count). The van der Waals surface area contributed by atoms with Gasteiger partial charge in [-0.25, -0.2) is 4.98 Å². The Bertz CT molecular complexity index is 548. The fourth-order valence-electron chi connectivity index (χ4n) is 1.35. The van der Waals surface area contributed by atoms with E-state index in [1.54, 1.807) is 29.1 Å². The van der Waals surface area contributed by atoms with Crippen molar-refractivity contribution in [2.45, 2.75) is 6.54 Å². The Kier molecular flexibility index (Phi) is 3.05. The molecular formula is C11H10BrN3O. The highest BCUT2D eigenvalue weighted by molar-refractivity contribution is 9.10. The second kappa shape index (κ2) is 4.49. The Hall–Kier alpha value is -1.62. The summed E-state index contributed by atoms with van der Waals surface area (Å²) in [6.07, 6.45) is 3.42. The molecule has 0 aliphatic rings. The number of rotatable bonds is 2. The molecular weight excluding hydrogens is 270 g/mol. The minimum Gasteiger partial charge on any atom is -0.384 e. The van der Waals surface area contributed by atoms with Crippen molar-refractivity contribution in [1.29, 1.82) is 0 Å². The third-order valence-corrected chi connectivity index (χ3v) is 2.62. The minimum absolute atomic E-state index is 0.0416. The van der Waals surface area contributed by atoms with E-state index in [2.05, 4.69) is 20.9 Å². The number of nitrogen functional groups attached to an aromatic ring is 1. The number of pyridine rings is 2. The van der Waals surface area contributed by atoms with E-state index in [0.717, 1.165) is 10.0 Å². The smallest absolute Gasteiger partial charge is 0.250 e. The van der Waals surface area contributed by atoms with Crippen molar-refractivity contribution in [2.75, 3.05) is 5.73 Å². The molecule has 0 saturated carbocycles. The molecule has 0 atom stereocenters. The summed E-state index contributed by atoms with van der Waals surface area (Å²) in [7, 11) is 0. The SMILES string of the molecule is Nc1ccc(Cn2cc(Br)ccc2=O)cn1. The van der Waals surface area contributed by atoms with Gasteiger partial charge in [-0.15, -0.1) is 0 Å². The third kappa shape index (κ3) is 2.49. The summed E-state index contributed by atoms with van der Waals surface area (Å²) in [5.74, 6) is 0.477. The molecule has 16 heavy (non-hydrogen) atoms. The molecule has 0 spiro atoms. The van der Waals surface area contributed by atoms with Gasteiger partial charge in [0, 0.05) is 22.9 Å². The first kappa shape index (κ1) is 10.9. The van der Waals surface area contributed by atoms with E-state index in [-0.39, 0.29) is 5.56 Å². The largest absolute Gasteiger partial charge is 0.384 e. The molecule has 0 saturated heterocycles. The first-order chi connectivity index (χ1) is 7.65. The lowest BCUT2D eigenvalue weighted by atomic mass is 10.3. The lowest BCUT2D eigenvalue weighted by Crippen LogP contribution is -2.18. The molecule has 2 N–H and O–H groups in total. The van der Waals surface area contributed by atoms with Crippen LogP contribution < -0.4 is 11.3 Å². The van der Waals surface area contributed by atoms with Crippen LogP contribution in [-0.4, -0.2) is 9.55 Å². The molecule has 82 valence electrons. The van der Waals surface area contributed by atoms with Crippen LogP contribution in [0.15, 0.2) is 45.9 Å². The molecule has 0 aliphatic carbocycles. The van der Waals surface area contributed by atoms with Crippen LogP contribution in [0, 0.1) is 0 Å². The van der Waals surface area contributed by atoms with Crippen LogP contribution in [0.4, 0.5) is 5.82 Å². The van der Waals surface area contributed by atoms with Crippen molar-refractivity contribution in [3.05, 3.63) is 57.0 Å². The molecule has 2 aromatic heterocycles. The van der Waals surface area contributed by atoms with Crippen molar-refractivity contribution in [1.82, 2.24) is 9.55 Å². The first-order valence-corrected chi connectivity index (χ1v) is 5.51. The summed E-state index contributed by atoms with van der Waals surface area (Å²) in [5, 5.41) is 0. The van der Waals surface area contributed by atoms with E-state index < -0.39 is 0 Å². The summed E-state index contributed by atoms with van der Waals surface area (Å²) in [4.78, 5) is 15.5. The van der Waals surface area contributed by atoms with Gasteiger partial charge in [-0.3, -0.25) is 4.79 Å². The first-order valence-electron chi connectivity index (χ1n) is 4.71. The van der Waals surface area contributed by atoms with Crippen LogP contribution in [0.2, 0.25) is 0 Å². The zero-order valence-corrected chi connectivity index (χ0v) is 10.0. The number of anilines is 1. The van der Waals surface area contributed by atoms with Crippen molar-refractivity contribution >= 4 is 21.7 Å². The number of hydrogen-bond donors (Lipinski definition) is 1. The van der Waals surface area contributed by atoms with E-state index in [0.29, 0.717) is 12.4 Å². The van der Waals surface area contributed by atoms with Gasteiger partial charge in [0.15, 0.2) is 0 Å². The molecule has 4 nitrogen and oxygen atoms in total. The van der Waals surface area contributed by atoms with Gasteiger partial charge in [0.25, 0.3) is 5.56 Å². The minimum atomic E-state index is -0.0416. The van der Waals surface area contributed by atoms with E-state index in [1.165, 1.54) is 6.07 Å². The van der Waals surface area contributed by atoms with Crippen LogP contribution in [0.3, 0.4) is 0 Å². The van der Waals surface area contributed by atoms with Gasteiger partial charge in [0.05, 0.1) is 6.54 Å². The molecule has 2 aromatic rings. The Balaban J connectivity index is 2.30. The molecule has 0 aromatic carbocycles. The zero-order valence-electron chi connectivity index (χ0n) is 8.43. The second-order valence-corrected chi connectivity index (χ2v) is 4.32. The Morgan fingerprint density at radius 3 is 2.81 bits per heavy atom. The van der Waals surface area contributed by atoms with Gasteiger partial charge in [0.1, 0.15) is 5.82 Å². The van der Waals surface area contributed by atoms with Gasteiger partial charge < -0.3 is 10.3 Å².